The molecule has 4 rings (SSSR count). The third-order valence-electron chi connectivity index (χ3n) is 5.53. The van der Waals surface area contributed by atoms with E-state index in [2.05, 4.69) is 20.1 Å². The highest BCUT2D eigenvalue weighted by Gasteiger charge is 2.24. The van der Waals surface area contributed by atoms with Crippen molar-refractivity contribution < 1.29 is 13.6 Å². The topological polar surface area (TPSA) is 64.6 Å². The minimum absolute atomic E-state index is 0.235. The van der Waals surface area contributed by atoms with Crippen molar-refractivity contribution in [3.05, 3.63) is 41.6 Å². The number of rotatable bonds is 3. The van der Waals surface area contributed by atoms with Crippen molar-refractivity contribution in [2.75, 3.05) is 54.4 Å². The quantitative estimate of drug-likeness (QED) is 0.831. The first-order valence-electron chi connectivity index (χ1n) is 10.4. The number of anilines is 3. The molecule has 160 valence electrons. The van der Waals surface area contributed by atoms with Gasteiger partial charge in [-0.05, 0) is 38.3 Å². The van der Waals surface area contributed by atoms with Gasteiger partial charge in [0.1, 0.15) is 5.82 Å². The van der Waals surface area contributed by atoms with Crippen LogP contribution in [0, 0.1) is 18.6 Å². The molecule has 2 fully saturated rings. The first kappa shape index (κ1) is 20.3. The maximum atomic E-state index is 13.3. The molecule has 2 aliphatic rings. The molecule has 3 heterocycles. The Kier molecular flexibility index (Phi) is 5.96. The molecule has 2 aliphatic heterocycles. The van der Waals surface area contributed by atoms with E-state index in [4.69, 9.17) is 4.98 Å². The van der Waals surface area contributed by atoms with Crippen LogP contribution in [-0.2, 0) is 0 Å². The van der Waals surface area contributed by atoms with Crippen LogP contribution in [0.2, 0.25) is 0 Å². The maximum Gasteiger partial charge on any atom is 0.321 e. The fraction of sp³-hybridized carbons (Fsp3) is 0.476. The molecule has 30 heavy (non-hydrogen) atoms. The van der Waals surface area contributed by atoms with Crippen LogP contribution in [0.5, 0.6) is 0 Å². The highest BCUT2D eigenvalue weighted by atomic mass is 19.2. The Labute approximate surface area is 174 Å². The molecule has 1 aromatic heterocycles. The van der Waals surface area contributed by atoms with Gasteiger partial charge in [-0.15, -0.1) is 0 Å². The molecule has 1 aromatic carbocycles. The Morgan fingerprint density at radius 1 is 0.900 bits per heavy atom. The van der Waals surface area contributed by atoms with Gasteiger partial charge in [-0.25, -0.2) is 18.6 Å². The number of nitrogens with one attached hydrogen (secondary N) is 1. The Hall–Kier alpha value is -2.97. The molecule has 0 saturated carbocycles. The molecular formula is C21H26F2N6O. The van der Waals surface area contributed by atoms with Crippen molar-refractivity contribution in [2.24, 2.45) is 0 Å². The van der Waals surface area contributed by atoms with Crippen molar-refractivity contribution in [3.63, 3.8) is 0 Å². The molecule has 7 nitrogen and oxygen atoms in total. The Morgan fingerprint density at radius 2 is 1.63 bits per heavy atom. The summed E-state index contributed by atoms with van der Waals surface area (Å²) in [4.78, 5) is 27.9. The van der Waals surface area contributed by atoms with Crippen molar-refractivity contribution in [3.8, 4) is 0 Å². The molecule has 2 amide bonds. The van der Waals surface area contributed by atoms with Crippen LogP contribution in [-0.4, -0.2) is 60.2 Å². The van der Waals surface area contributed by atoms with E-state index in [0.29, 0.717) is 26.2 Å². The minimum atomic E-state index is -0.985. The summed E-state index contributed by atoms with van der Waals surface area (Å²) in [5.74, 6) is -0.265. The van der Waals surface area contributed by atoms with E-state index in [1.807, 2.05) is 13.0 Å². The maximum absolute atomic E-state index is 13.3. The average molecular weight is 416 g/mol. The third-order valence-corrected chi connectivity index (χ3v) is 5.53. The number of amides is 2. The second-order valence-corrected chi connectivity index (χ2v) is 7.75. The first-order chi connectivity index (χ1) is 14.5. The monoisotopic (exact) mass is 416 g/mol. The van der Waals surface area contributed by atoms with E-state index in [1.54, 1.807) is 4.90 Å². The van der Waals surface area contributed by atoms with Gasteiger partial charge in [0.2, 0.25) is 5.95 Å². The molecule has 0 bridgehead atoms. The number of urea groups is 1. The smallest absolute Gasteiger partial charge is 0.321 e. The summed E-state index contributed by atoms with van der Waals surface area (Å²) >= 11 is 0. The summed E-state index contributed by atoms with van der Waals surface area (Å²) in [5.41, 5.74) is 1.16. The van der Waals surface area contributed by atoms with Crippen molar-refractivity contribution in [2.45, 2.75) is 26.2 Å². The van der Waals surface area contributed by atoms with Crippen LogP contribution in [0.3, 0.4) is 0 Å². The number of halogens is 2. The highest BCUT2D eigenvalue weighted by Crippen LogP contribution is 2.22. The van der Waals surface area contributed by atoms with Crippen LogP contribution in [0.1, 0.15) is 25.0 Å². The van der Waals surface area contributed by atoms with Gasteiger partial charge >= 0.3 is 6.03 Å². The van der Waals surface area contributed by atoms with Crippen LogP contribution in [0.15, 0.2) is 24.3 Å². The summed E-state index contributed by atoms with van der Waals surface area (Å²) in [5, 5.41) is 2.63. The second kappa shape index (κ2) is 8.81. The number of hydrogen-bond acceptors (Lipinski definition) is 5. The van der Waals surface area contributed by atoms with Gasteiger partial charge < -0.3 is 20.0 Å². The lowest BCUT2D eigenvalue weighted by Gasteiger charge is -2.36. The fourth-order valence-electron chi connectivity index (χ4n) is 3.85. The molecular weight excluding hydrogens is 390 g/mol. The largest absolute Gasteiger partial charge is 0.353 e. The number of aromatic nitrogens is 2. The number of nitrogens with zero attached hydrogens (tertiary/aromatic N) is 5. The summed E-state index contributed by atoms with van der Waals surface area (Å²) in [6, 6.07) is 4.98. The van der Waals surface area contributed by atoms with Gasteiger partial charge in [0.05, 0.1) is 0 Å². The van der Waals surface area contributed by atoms with Gasteiger partial charge in [0.25, 0.3) is 0 Å². The SMILES string of the molecule is Cc1cc(N2CCN(C(=O)Nc3ccc(F)c(F)c3)CC2)nc(N2CCCCC2)n1. The van der Waals surface area contributed by atoms with Gasteiger partial charge in [0, 0.05) is 62.8 Å². The number of piperazine rings is 1. The summed E-state index contributed by atoms with van der Waals surface area (Å²) < 4.78 is 26.4. The average Bonchev–Trinajstić information content (AvgIpc) is 2.76. The Bertz CT molecular complexity index is 910. The molecule has 0 radical (unpaired) electrons. The molecule has 0 unspecified atom stereocenters. The fourth-order valence-corrected chi connectivity index (χ4v) is 3.85. The van der Waals surface area contributed by atoms with E-state index < -0.39 is 11.6 Å². The normalized spacial score (nSPS) is 17.2. The lowest BCUT2D eigenvalue weighted by molar-refractivity contribution is 0.208. The van der Waals surface area contributed by atoms with Gasteiger partial charge in [0.15, 0.2) is 11.6 Å². The molecule has 2 aromatic rings. The zero-order chi connectivity index (χ0) is 21.1. The lowest BCUT2D eigenvalue weighted by atomic mass is 10.1. The van der Waals surface area contributed by atoms with Crippen molar-refractivity contribution in [1.82, 2.24) is 14.9 Å². The van der Waals surface area contributed by atoms with Crippen molar-refractivity contribution >= 4 is 23.5 Å². The van der Waals surface area contributed by atoms with Crippen LogP contribution < -0.4 is 15.1 Å². The lowest BCUT2D eigenvalue weighted by Crippen LogP contribution is -2.50. The second-order valence-electron chi connectivity index (χ2n) is 7.75. The minimum Gasteiger partial charge on any atom is -0.353 e. The number of benzene rings is 1. The molecule has 9 heteroatoms. The standard InChI is InChI=1S/C21H26F2N6O/c1-15-13-19(26-20(24-15)28-7-3-2-4-8-28)27-9-11-29(12-10-27)21(30)25-16-5-6-17(22)18(23)14-16/h5-6,13-14H,2-4,7-12H2,1H3,(H,25,30). The number of hydrogen-bond donors (Lipinski definition) is 1. The number of carbonyl (C=O) groups is 1. The van der Waals surface area contributed by atoms with Crippen LogP contribution >= 0.6 is 0 Å². The summed E-state index contributed by atoms with van der Waals surface area (Å²) in [6.45, 7) is 6.25. The first-order valence-corrected chi connectivity index (χ1v) is 10.4. The zero-order valence-electron chi connectivity index (χ0n) is 17.1. The van der Waals surface area contributed by atoms with Gasteiger partial charge in [-0.1, -0.05) is 0 Å². The van der Waals surface area contributed by atoms with Crippen LogP contribution in [0.4, 0.5) is 31.0 Å². The van der Waals surface area contributed by atoms with Gasteiger partial charge in [-0.2, -0.15) is 4.98 Å². The molecule has 1 N–H and O–H groups in total. The summed E-state index contributed by atoms with van der Waals surface area (Å²) in [7, 11) is 0. The molecule has 0 aliphatic carbocycles. The Balaban J connectivity index is 1.37. The van der Waals surface area contributed by atoms with E-state index >= 15 is 0 Å². The molecule has 2 saturated heterocycles. The zero-order valence-corrected chi connectivity index (χ0v) is 17.1. The molecule has 0 spiro atoms. The summed E-state index contributed by atoms with van der Waals surface area (Å²) in [6.07, 6.45) is 3.58. The van der Waals surface area contributed by atoms with E-state index in [9.17, 15) is 13.6 Å². The number of aryl methyl sites for hydroxylation is 1. The van der Waals surface area contributed by atoms with Crippen LogP contribution in [0.25, 0.3) is 0 Å². The predicted octanol–water partition coefficient (Wildman–Crippen LogP) is 3.41. The predicted molar refractivity (Wildman–Crippen MR) is 112 cm³/mol. The number of carbonyl (C=O) groups excluding carboxylic acids is 1. The number of piperidine rings is 1. The van der Waals surface area contributed by atoms with Crippen molar-refractivity contribution in [1.29, 1.82) is 0 Å². The molecule has 0 atom stereocenters. The van der Waals surface area contributed by atoms with E-state index in [1.165, 1.54) is 25.3 Å². The van der Waals surface area contributed by atoms with E-state index in [0.717, 1.165) is 42.7 Å². The third kappa shape index (κ3) is 4.60. The van der Waals surface area contributed by atoms with E-state index in [-0.39, 0.29) is 11.7 Å². The Morgan fingerprint density at radius 3 is 2.33 bits per heavy atom. The van der Waals surface area contributed by atoms with Gasteiger partial charge in [-0.3, -0.25) is 0 Å². The highest BCUT2D eigenvalue weighted by molar-refractivity contribution is 5.89.